The summed E-state index contributed by atoms with van der Waals surface area (Å²) in [5.41, 5.74) is 0.471. The molecule has 2 heterocycles. The van der Waals surface area contributed by atoms with Crippen LogP contribution in [0.2, 0.25) is 0 Å². The fraction of sp³-hybridized carbons (Fsp3) is 0.348. The molecule has 3 aromatic rings. The minimum absolute atomic E-state index is 0.0233. The van der Waals surface area contributed by atoms with Crippen molar-refractivity contribution < 1.29 is 14.3 Å². The highest BCUT2D eigenvalue weighted by atomic mass is 32.2. The van der Waals surface area contributed by atoms with Gasteiger partial charge in [0.25, 0.3) is 5.56 Å². The minimum atomic E-state index is -0.339. The number of para-hydroxylation sites is 3. The van der Waals surface area contributed by atoms with Gasteiger partial charge >= 0.3 is 0 Å². The molecule has 0 saturated carbocycles. The van der Waals surface area contributed by atoms with Gasteiger partial charge in [0, 0.05) is 13.1 Å². The SMILES string of the molecule is CCN(CC)C(=O)CSc1nc2ccccc2c(=O)n1CC1COc2ccccc2O1. The quantitative estimate of drug-likeness (QED) is 0.416. The molecule has 0 bridgehead atoms. The van der Waals surface area contributed by atoms with E-state index in [0.717, 1.165) is 0 Å². The molecule has 0 radical (unpaired) electrons. The summed E-state index contributed by atoms with van der Waals surface area (Å²) in [6.45, 7) is 5.83. The standard InChI is InChI=1S/C23H25N3O4S/c1-3-25(4-2)21(27)15-31-23-24-18-10-6-5-9-17(18)22(28)26(23)13-16-14-29-19-11-7-8-12-20(19)30-16/h5-12,16H,3-4,13-15H2,1-2H3. The molecule has 0 aliphatic carbocycles. The maximum absolute atomic E-state index is 13.3. The van der Waals surface area contributed by atoms with Gasteiger partial charge in [-0.05, 0) is 38.1 Å². The van der Waals surface area contributed by atoms with Crippen molar-refractivity contribution in [2.45, 2.75) is 31.7 Å². The van der Waals surface area contributed by atoms with Gasteiger partial charge in [0.15, 0.2) is 22.8 Å². The van der Waals surface area contributed by atoms with E-state index in [2.05, 4.69) is 4.98 Å². The van der Waals surface area contributed by atoms with E-state index < -0.39 is 0 Å². The molecule has 1 atom stereocenters. The summed E-state index contributed by atoms with van der Waals surface area (Å²) < 4.78 is 13.5. The number of hydrogen-bond donors (Lipinski definition) is 0. The van der Waals surface area contributed by atoms with Crippen LogP contribution >= 0.6 is 11.8 Å². The van der Waals surface area contributed by atoms with Crippen molar-refractivity contribution in [3.05, 3.63) is 58.9 Å². The number of amides is 1. The van der Waals surface area contributed by atoms with E-state index in [9.17, 15) is 9.59 Å². The minimum Gasteiger partial charge on any atom is -0.486 e. The molecule has 1 unspecified atom stereocenters. The second kappa shape index (κ2) is 9.43. The van der Waals surface area contributed by atoms with Gasteiger partial charge in [-0.1, -0.05) is 36.0 Å². The maximum Gasteiger partial charge on any atom is 0.262 e. The number of nitrogens with zero attached hydrogens (tertiary/aromatic N) is 3. The van der Waals surface area contributed by atoms with Crippen molar-refractivity contribution in [1.82, 2.24) is 14.5 Å². The predicted molar refractivity (Wildman–Crippen MR) is 121 cm³/mol. The number of benzene rings is 2. The van der Waals surface area contributed by atoms with Gasteiger partial charge in [0.1, 0.15) is 6.61 Å². The van der Waals surface area contributed by atoms with Gasteiger partial charge in [-0.3, -0.25) is 14.2 Å². The predicted octanol–water partition coefficient (Wildman–Crippen LogP) is 3.20. The topological polar surface area (TPSA) is 73.7 Å². The second-order valence-electron chi connectivity index (χ2n) is 7.18. The van der Waals surface area contributed by atoms with Crippen LogP contribution < -0.4 is 15.0 Å². The lowest BCUT2D eigenvalue weighted by atomic mass is 10.2. The van der Waals surface area contributed by atoms with Crippen molar-refractivity contribution in [2.24, 2.45) is 0 Å². The Morgan fingerprint density at radius 3 is 2.61 bits per heavy atom. The van der Waals surface area contributed by atoms with Crippen molar-refractivity contribution >= 4 is 28.6 Å². The van der Waals surface area contributed by atoms with E-state index in [0.29, 0.717) is 47.3 Å². The summed E-state index contributed by atoms with van der Waals surface area (Å²) in [6, 6.07) is 14.7. The Morgan fingerprint density at radius 2 is 1.84 bits per heavy atom. The largest absolute Gasteiger partial charge is 0.486 e. The summed E-state index contributed by atoms with van der Waals surface area (Å²) in [5.74, 6) is 1.60. The number of carbonyl (C=O) groups excluding carboxylic acids is 1. The smallest absolute Gasteiger partial charge is 0.262 e. The van der Waals surface area contributed by atoms with Gasteiger partial charge in [0.2, 0.25) is 5.91 Å². The molecular formula is C23H25N3O4S. The summed E-state index contributed by atoms with van der Waals surface area (Å²) in [7, 11) is 0. The lowest BCUT2D eigenvalue weighted by Gasteiger charge is -2.27. The lowest BCUT2D eigenvalue weighted by molar-refractivity contribution is -0.127. The monoisotopic (exact) mass is 439 g/mol. The van der Waals surface area contributed by atoms with Crippen molar-refractivity contribution in [1.29, 1.82) is 0 Å². The molecule has 2 aromatic carbocycles. The third-order valence-corrected chi connectivity index (χ3v) is 6.18. The fourth-order valence-corrected chi connectivity index (χ4v) is 4.48. The molecule has 31 heavy (non-hydrogen) atoms. The summed E-state index contributed by atoms with van der Waals surface area (Å²) >= 11 is 1.28. The van der Waals surface area contributed by atoms with Gasteiger partial charge in [-0.25, -0.2) is 4.98 Å². The number of ether oxygens (including phenoxy) is 2. The molecule has 162 valence electrons. The Morgan fingerprint density at radius 1 is 1.13 bits per heavy atom. The van der Waals surface area contributed by atoms with Crippen molar-refractivity contribution in [3.63, 3.8) is 0 Å². The van der Waals surface area contributed by atoms with E-state index in [-0.39, 0.29) is 29.9 Å². The highest BCUT2D eigenvalue weighted by Gasteiger charge is 2.24. The van der Waals surface area contributed by atoms with E-state index in [1.54, 1.807) is 15.5 Å². The van der Waals surface area contributed by atoms with Crippen LogP contribution in [0.25, 0.3) is 10.9 Å². The Balaban J connectivity index is 1.63. The number of fused-ring (bicyclic) bond motifs is 2. The molecule has 0 N–H and O–H groups in total. The maximum atomic E-state index is 13.3. The molecule has 7 nitrogen and oxygen atoms in total. The average molecular weight is 440 g/mol. The fourth-order valence-electron chi connectivity index (χ4n) is 3.57. The van der Waals surface area contributed by atoms with Crippen LogP contribution in [0.5, 0.6) is 11.5 Å². The van der Waals surface area contributed by atoms with Crippen LogP contribution in [-0.2, 0) is 11.3 Å². The van der Waals surface area contributed by atoms with Gasteiger partial charge in [-0.2, -0.15) is 0 Å². The van der Waals surface area contributed by atoms with Crippen LogP contribution in [0.4, 0.5) is 0 Å². The molecule has 8 heteroatoms. The van der Waals surface area contributed by atoms with Crippen LogP contribution in [0, 0.1) is 0 Å². The first-order chi connectivity index (χ1) is 15.1. The van der Waals surface area contributed by atoms with E-state index in [1.165, 1.54) is 11.8 Å². The first-order valence-electron chi connectivity index (χ1n) is 10.4. The Kier molecular flexibility index (Phi) is 6.46. The van der Waals surface area contributed by atoms with E-state index in [1.807, 2.05) is 56.3 Å². The lowest BCUT2D eigenvalue weighted by Crippen LogP contribution is -2.37. The van der Waals surface area contributed by atoms with Crippen molar-refractivity contribution in [3.8, 4) is 11.5 Å². The zero-order chi connectivity index (χ0) is 21.8. The number of thioether (sulfide) groups is 1. The Labute approximate surface area is 185 Å². The first kappa shape index (κ1) is 21.2. The van der Waals surface area contributed by atoms with Crippen LogP contribution in [0.3, 0.4) is 0 Å². The molecular weight excluding hydrogens is 414 g/mol. The Hall–Kier alpha value is -3.00. The normalized spacial score (nSPS) is 15.1. The van der Waals surface area contributed by atoms with Crippen LogP contribution in [-0.4, -0.2) is 51.9 Å². The molecule has 1 aliphatic heterocycles. The molecule has 1 aliphatic rings. The number of carbonyl (C=O) groups is 1. The summed E-state index contributed by atoms with van der Waals surface area (Å²) in [5, 5.41) is 1.05. The molecule has 1 amide bonds. The van der Waals surface area contributed by atoms with Gasteiger partial charge in [0.05, 0.1) is 23.2 Å². The zero-order valence-corrected chi connectivity index (χ0v) is 18.4. The van der Waals surface area contributed by atoms with Crippen LogP contribution in [0.15, 0.2) is 58.5 Å². The highest BCUT2D eigenvalue weighted by molar-refractivity contribution is 7.99. The highest BCUT2D eigenvalue weighted by Crippen LogP contribution is 2.31. The third-order valence-electron chi connectivity index (χ3n) is 5.22. The molecule has 4 rings (SSSR count). The number of aromatic nitrogens is 2. The molecule has 0 fully saturated rings. The molecule has 1 aromatic heterocycles. The number of hydrogen-bond acceptors (Lipinski definition) is 6. The third kappa shape index (κ3) is 4.54. The van der Waals surface area contributed by atoms with Gasteiger partial charge in [-0.15, -0.1) is 0 Å². The first-order valence-corrected chi connectivity index (χ1v) is 11.4. The van der Waals surface area contributed by atoms with E-state index in [4.69, 9.17) is 9.47 Å². The Bertz CT molecular complexity index is 1140. The van der Waals surface area contributed by atoms with Crippen molar-refractivity contribution in [2.75, 3.05) is 25.4 Å². The summed E-state index contributed by atoms with van der Waals surface area (Å²) in [4.78, 5) is 32.2. The molecule has 0 saturated heterocycles. The second-order valence-corrected chi connectivity index (χ2v) is 8.12. The number of rotatable bonds is 7. The average Bonchev–Trinajstić information content (AvgIpc) is 2.80. The summed E-state index contributed by atoms with van der Waals surface area (Å²) in [6.07, 6.45) is -0.339. The zero-order valence-electron chi connectivity index (χ0n) is 17.6. The molecule has 0 spiro atoms. The van der Waals surface area contributed by atoms with E-state index >= 15 is 0 Å². The van der Waals surface area contributed by atoms with Crippen LogP contribution in [0.1, 0.15) is 13.8 Å². The van der Waals surface area contributed by atoms with Gasteiger partial charge < -0.3 is 14.4 Å².